The Hall–Kier alpha value is -2.58. The fraction of sp³-hybridized carbons (Fsp3) is 0.316. The molecule has 0 aliphatic rings. The van der Waals surface area contributed by atoms with Crippen molar-refractivity contribution in [3.05, 3.63) is 54.1 Å². The third-order valence-corrected chi connectivity index (χ3v) is 6.64. The monoisotopic (exact) mass is 389 g/mol. The van der Waals surface area contributed by atoms with Gasteiger partial charge in [0.25, 0.3) is 5.91 Å². The summed E-state index contributed by atoms with van der Waals surface area (Å²) in [7, 11) is -1.76. The van der Waals surface area contributed by atoms with Crippen LogP contribution < -0.4 is 5.32 Å². The van der Waals surface area contributed by atoms with E-state index in [4.69, 9.17) is 4.42 Å². The maximum Gasteiger partial charge on any atom is 0.268 e. The molecule has 0 atom stereocenters. The van der Waals surface area contributed by atoms with E-state index in [9.17, 15) is 13.2 Å². The van der Waals surface area contributed by atoms with Crippen LogP contribution in [0.3, 0.4) is 0 Å². The molecular formula is C19H23N3O4S. The van der Waals surface area contributed by atoms with Crippen LogP contribution in [0.25, 0.3) is 10.9 Å². The summed E-state index contributed by atoms with van der Waals surface area (Å²) in [5.41, 5.74) is 1.24. The number of fused-ring (bicyclic) bond motifs is 1. The number of carbonyl (C=O) groups excluding carboxylic acids is 1. The highest BCUT2D eigenvalue weighted by atomic mass is 32.2. The molecule has 2 heterocycles. The molecule has 3 aromatic rings. The van der Waals surface area contributed by atoms with E-state index in [-0.39, 0.29) is 17.3 Å². The molecule has 0 fully saturated rings. The maximum atomic E-state index is 12.7. The Bertz CT molecular complexity index is 1050. The number of amides is 1. The lowest BCUT2D eigenvalue weighted by Crippen LogP contribution is -2.30. The standard InChI is InChI=1S/C19H23N3O4S/c1-4-22(5-2)27(24,25)16-8-9-17-14(11-16)12-18(21(17)3)19(23)20-13-15-7-6-10-26-15/h6-12H,4-5,13H2,1-3H3,(H,20,23). The fourth-order valence-corrected chi connectivity index (χ4v) is 4.58. The van der Waals surface area contributed by atoms with Crippen LogP contribution in [-0.4, -0.2) is 36.3 Å². The molecule has 144 valence electrons. The van der Waals surface area contributed by atoms with E-state index in [0.29, 0.717) is 29.9 Å². The zero-order valence-corrected chi connectivity index (χ0v) is 16.4. The summed E-state index contributed by atoms with van der Waals surface area (Å²) in [4.78, 5) is 12.7. The topological polar surface area (TPSA) is 84.6 Å². The Morgan fingerprint density at radius 2 is 1.93 bits per heavy atom. The van der Waals surface area contributed by atoms with E-state index in [2.05, 4.69) is 5.32 Å². The second-order valence-electron chi connectivity index (χ2n) is 6.16. The predicted molar refractivity (Wildman–Crippen MR) is 103 cm³/mol. The second kappa shape index (κ2) is 7.58. The van der Waals surface area contributed by atoms with Crippen LogP contribution in [-0.2, 0) is 23.6 Å². The van der Waals surface area contributed by atoms with Gasteiger partial charge in [-0.05, 0) is 36.4 Å². The van der Waals surface area contributed by atoms with Gasteiger partial charge < -0.3 is 14.3 Å². The zero-order chi connectivity index (χ0) is 19.6. The molecule has 0 saturated carbocycles. The van der Waals surface area contributed by atoms with Crippen molar-refractivity contribution in [2.45, 2.75) is 25.3 Å². The second-order valence-corrected chi connectivity index (χ2v) is 8.10. The molecule has 0 saturated heterocycles. The molecule has 7 nitrogen and oxygen atoms in total. The number of furan rings is 1. The van der Waals surface area contributed by atoms with Crippen molar-refractivity contribution in [2.75, 3.05) is 13.1 Å². The molecule has 0 unspecified atom stereocenters. The first-order valence-electron chi connectivity index (χ1n) is 8.78. The number of nitrogens with zero attached hydrogens (tertiary/aromatic N) is 2. The normalized spacial score (nSPS) is 12.0. The summed E-state index contributed by atoms with van der Waals surface area (Å²) in [6, 6.07) is 10.2. The lowest BCUT2D eigenvalue weighted by atomic mass is 10.2. The summed E-state index contributed by atoms with van der Waals surface area (Å²) >= 11 is 0. The minimum absolute atomic E-state index is 0.229. The van der Waals surface area contributed by atoms with Gasteiger partial charge in [-0.3, -0.25) is 4.79 Å². The smallest absolute Gasteiger partial charge is 0.268 e. The highest BCUT2D eigenvalue weighted by Crippen LogP contribution is 2.24. The van der Waals surface area contributed by atoms with Crippen molar-refractivity contribution in [2.24, 2.45) is 7.05 Å². The fourth-order valence-electron chi connectivity index (χ4n) is 3.09. The predicted octanol–water partition coefficient (Wildman–Crippen LogP) is 2.73. The van der Waals surface area contributed by atoms with Gasteiger partial charge in [-0.25, -0.2) is 8.42 Å². The number of hydrogen-bond donors (Lipinski definition) is 1. The van der Waals surface area contributed by atoms with Crippen molar-refractivity contribution < 1.29 is 17.6 Å². The van der Waals surface area contributed by atoms with Crippen molar-refractivity contribution in [1.29, 1.82) is 0 Å². The Kier molecular flexibility index (Phi) is 5.38. The molecule has 2 aromatic heterocycles. The van der Waals surface area contributed by atoms with Crippen LogP contribution in [0.15, 0.2) is 52.0 Å². The Labute approximate surface area is 158 Å². The molecule has 1 N–H and O–H groups in total. The first-order chi connectivity index (χ1) is 12.9. The molecule has 3 rings (SSSR count). The van der Waals surface area contributed by atoms with E-state index in [0.717, 1.165) is 5.52 Å². The molecule has 0 aliphatic carbocycles. The van der Waals surface area contributed by atoms with Gasteiger partial charge in [0.05, 0.1) is 17.7 Å². The van der Waals surface area contributed by atoms with E-state index in [1.807, 2.05) is 13.8 Å². The molecule has 0 aliphatic heterocycles. The molecule has 0 radical (unpaired) electrons. The van der Waals surface area contributed by atoms with Gasteiger partial charge in [0.2, 0.25) is 10.0 Å². The molecular weight excluding hydrogens is 366 g/mol. The maximum absolute atomic E-state index is 12.7. The SMILES string of the molecule is CCN(CC)S(=O)(=O)c1ccc2c(c1)cc(C(=O)NCc1ccco1)n2C. The number of benzene rings is 1. The van der Waals surface area contributed by atoms with Gasteiger partial charge in [-0.1, -0.05) is 13.8 Å². The summed E-state index contributed by atoms with van der Waals surface area (Å²) in [5.74, 6) is 0.410. The summed E-state index contributed by atoms with van der Waals surface area (Å²) < 4.78 is 33.8. The third kappa shape index (κ3) is 3.63. The molecule has 0 bridgehead atoms. The summed E-state index contributed by atoms with van der Waals surface area (Å²) in [6.45, 7) is 4.72. The van der Waals surface area contributed by atoms with E-state index >= 15 is 0 Å². The van der Waals surface area contributed by atoms with Gasteiger partial charge in [-0.15, -0.1) is 0 Å². The van der Waals surface area contributed by atoms with Crippen LogP contribution in [0.5, 0.6) is 0 Å². The average Bonchev–Trinajstić information content (AvgIpc) is 3.28. The molecule has 1 aromatic carbocycles. The third-order valence-electron chi connectivity index (χ3n) is 4.59. The average molecular weight is 389 g/mol. The van der Waals surface area contributed by atoms with Crippen LogP contribution in [0.1, 0.15) is 30.1 Å². The van der Waals surface area contributed by atoms with E-state index < -0.39 is 10.0 Å². The van der Waals surface area contributed by atoms with Gasteiger partial charge in [0.1, 0.15) is 11.5 Å². The number of sulfonamides is 1. The van der Waals surface area contributed by atoms with E-state index in [1.54, 1.807) is 54.3 Å². The molecule has 8 heteroatoms. The Morgan fingerprint density at radius 1 is 1.19 bits per heavy atom. The van der Waals surface area contributed by atoms with Gasteiger partial charge in [-0.2, -0.15) is 4.31 Å². The number of rotatable bonds is 7. The summed E-state index contributed by atoms with van der Waals surface area (Å²) in [5, 5.41) is 3.51. The number of nitrogens with one attached hydrogen (secondary N) is 1. The van der Waals surface area contributed by atoms with Crippen molar-refractivity contribution >= 4 is 26.8 Å². The summed E-state index contributed by atoms with van der Waals surface area (Å²) in [6.07, 6.45) is 1.55. The van der Waals surface area contributed by atoms with Gasteiger partial charge in [0.15, 0.2) is 0 Å². The first-order valence-corrected chi connectivity index (χ1v) is 10.2. The van der Waals surface area contributed by atoms with E-state index in [1.165, 1.54) is 4.31 Å². The number of aromatic nitrogens is 1. The number of aryl methyl sites for hydroxylation is 1. The number of carbonyl (C=O) groups is 1. The van der Waals surface area contributed by atoms with Crippen LogP contribution in [0, 0.1) is 0 Å². The quantitative estimate of drug-likeness (QED) is 0.673. The van der Waals surface area contributed by atoms with Crippen LogP contribution in [0.4, 0.5) is 0 Å². The first kappa shape index (κ1) is 19.2. The van der Waals surface area contributed by atoms with Gasteiger partial charge in [0, 0.05) is 31.0 Å². The van der Waals surface area contributed by atoms with Crippen LogP contribution in [0.2, 0.25) is 0 Å². The van der Waals surface area contributed by atoms with Crippen molar-refractivity contribution in [3.63, 3.8) is 0 Å². The lowest BCUT2D eigenvalue weighted by Gasteiger charge is -2.18. The minimum Gasteiger partial charge on any atom is -0.467 e. The van der Waals surface area contributed by atoms with Crippen molar-refractivity contribution in [1.82, 2.24) is 14.2 Å². The zero-order valence-electron chi connectivity index (χ0n) is 15.6. The molecule has 0 spiro atoms. The molecule has 27 heavy (non-hydrogen) atoms. The van der Waals surface area contributed by atoms with Crippen molar-refractivity contribution in [3.8, 4) is 0 Å². The largest absolute Gasteiger partial charge is 0.467 e. The van der Waals surface area contributed by atoms with Gasteiger partial charge >= 0.3 is 0 Å². The lowest BCUT2D eigenvalue weighted by molar-refractivity contribution is 0.0940. The minimum atomic E-state index is -3.55. The number of hydrogen-bond acceptors (Lipinski definition) is 4. The Morgan fingerprint density at radius 3 is 2.56 bits per heavy atom. The Balaban J connectivity index is 1.91. The highest BCUT2D eigenvalue weighted by Gasteiger charge is 2.23. The highest BCUT2D eigenvalue weighted by molar-refractivity contribution is 7.89. The van der Waals surface area contributed by atoms with Crippen LogP contribution >= 0.6 is 0 Å². The molecule has 1 amide bonds.